The lowest BCUT2D eigenvalue weighted by atomic mass is 10.1. The molecule has 1 aliphatic carbocycles. The van der Waals surface area contributed by atoms with E-state index in [1.165, 1.54) is 12.1 Å². The van der Waals surface area contributed by atoms with Gasteiger partial charge in [-0.1, -0.05) is 18.2 Å². The van der Waals surface area contributed by atoms with Crippen molar-refractivity contribution in [2.24, 2.45) is 0 Å². The number of ether oxygens (including phenoxy) is 1. The van der Waals surface area contributed by atoms with Crippen molar-refractivity contribution in [2.75, 3.05) is 17.9 Å². The van der Waals surface area contributed by atoms with Gasteiger partial charge >= 0.3 is 0 Å². The smallest absolute Gasteiger partial charge is 0.261 e. The molecule has 1 aliphatic heterocycles. The minimum Gasteiger partial charge on any atom is -0.374 e. The van der Waals surface area contributed by atoms with Crippen LogP contribution in [0.4, 0.5) is 5.69 Å². The molecule has 0 unspecified atom stereocenters. The molecule has 2 fully saturated rings. The molecule has 1 saturated carbocycles. The molecular weight excluding hydrogens is 376 g/mol. The fourth-order valence-electron chi connectivity index (χ4n) is 4.06. The molecule has 4 rings (SSSR count). The minimum absolute atomic E-state index is 0.0797. The molecule has 0 spiro atoms. The summed E-state index contributed by atoms with van der Waals surface area (Å²) in [5.41, 5.74) is 1.85. The standard InChI is InChI=1S/C21H24N2O4S/c1-15-5-2-7-17(13-15)22-28(25,26)18-8-3-6-16(14-18)21(24)23-11-12-27-20-10-4-9-19(20)23/h2-3,5-8,13-14,19-20,22H,4,9-12H2,1H3/t19-,20+/m1/s1. The molecular formula is C21H24N2O4S. The number of carbonyl (C=O) groups is 1. The van der Waals surface area contributed by atoms with Gasteiger partial charge in [0, 0.05) is 17.8 Å². The number of carbonyl (C=O) groups excluding carboxylic acids is 1. The first-order valence-corrected chi connectivity index (χ1v) is 11.0. The molecule has 148 valence electrons. The zero-order valence-electron chi connectivity index (χ0n) is 15.8. The molecule has 2 aliphatic rings. The van der Waals surface area contributed by atoms with Crippen LogP contribution < -0.4 is 4.72 Å². The van der Waals surface area contributed by atoms with Crippen LogP contribution in [0.5, 0.6) is 0 Å². The Balaban J connectivity index is 1.57. The summed E-state index contributed by atoms with van der Waals surface area (Å²) < 4.78 is 33.9. The second-order valence-electron chi connectivity index (χ2n) is 7.41. The number of nitrogens with zero attached hydrogens (tertiary/aromatic N) is 1. The molecule has 6 nitrogen and oxygen atoms in total. The zero-order chi connectivity index (χ0) is 19.7. The molecule has 1 saturated heterocycles. The molecule has 0 bridgehead atoms. The van der Waals surface area contributed by atoms with E-state index in [9.17, 15) is 13.2 Å². The summed E-state index contributed by atoms with van der Waals surface area (Å²) in [7, 11) is -3.78. The van der Waals surface area contributed by atoms with Crippen LogP contribution in [0.1, 0.15) is 35.2 Å². The van der Waals surface area contributed by atoms with E-state index < -0.39 is 10.0 Å². The van der Waals surface area contributed by atoms with Crippen molar-refractivity contribution < 1.29 is 17.9 Å². The molecule has 28 heavy (non-hydrogen) atoms. The Morgan fingerprint density at radius 1 is 1.14 bits per heavy atom. The van der Waals surface area contributed by atoms with E-state index >= 15 is 0 Å². The Kier molecular flexibility index (Phi) is 5.12. The van der Waals surface area contributed by atoms with Gasteiger partial charge in [0.2, 0.25) is 0 Å². The number of amides is 1. The van der Waals surface area contributed by atoms with Crippen molar-refractivity contribution in [3.8, 4) is 0 Å². The van der Waals surface area contributed by atoms with Crippen molar-refractivity contribution in [3.05, 3.63) is 59.7 Å². The molecule has 2 aromatic carbocycles. The maximum Gasteiger partial charge on any atom is 0.261 e. The highest BCUT2D eigenvalue weighted by Crippen LogP contribution is 2.31. The molecule has 1 heterocycles. The lowest BCUT2D eigenvalue weighted by Gasteiger charge is -2.37. The lowest BCUT2D eigenvalue weighted by molar-refractivity contribution is -0.0445. The molecule has 2 atom stereocenters. The highest BCUT2D eigenvalue weighted by Gasteiger charge is 2.38. The van der Waals surface area contributed by atoms with Gasteiger partial charge in [0.05, 0.1) is 23.6 Å². The zero-order valence-corrected chi connectivity index (χ0v) is 16.6. The van der Waals surface area contributed by atoms with Crippen molar-refractivity contribution in [1.29, 1.82) is 0 Å². The van der Waals surface area contributed by atoms with Crippen LogP contribution in [-0.4, -0.2) is 44.5 Å². The number of fused-ring (bicyclic) bond motifs is 1. The molecule has 1 amide bonds. The van der Waals surface area contributed by atoms with Crippen LogP contribution in [0.25, 0.3) is 0 Å². The SMILES string of the molecule is Cc1cccc(NS(=O)(=O)c2cccc(C(=O)N3CCO[C@H]4CCC[C@H]43)c2)c1. The second-order valence-corrected chi connectivity index (χ2v) is 9.09. The average molecular weight is 401 g/mol. The largest absolute Gasteiger partial charge is 0.374 e. The first kappa shape index (κ1) is 19.0. The Morgan fingerprint density at radius 3 is 2.79 bits per heavy atom. The fourth-order valence-corrected chi connectivity index (χ4v) is 5.16. The van der Waals surface area contributed by atoms with E-state index in [1.807, 2.05) is 17.9 Å². The van der Waals surface area contributed by atoms with Gasteiger partial charge in [0.1, 0.15) is 0 Å². The molecule has 0 radical (unpaired) electrons. The fraction of sp³-hybridized carbons (Fsp3) is 0.381. The van der Waals surface area contributed by atoms with E-state index in [0.29, 0.717) is 24.4 Å². The summed E-state index contributed by atoms with van der Waals surface area (Å²) in [6.07, 6.45) is 3.06. The quantitative estimate of drug-likeness (QED) is 0.855. The van der Waals surface area contributed by atoms with Crippen LogP contribution in [0, 0.1) is 6.92 Å². The summed E-state index contributed by atoms with van der Waals surface area (Å²) in [6, 6.07) is 13.5. The predicted molar refractivity (Wildman–Crippen MR) is 107 cm³/mol. The van der Waals surface area contributed by atoms with Gasteiger partial charge in [-0.3, -0.25) is 9.52 Å². The first-order chi connectivity index (χ1) is 13.4. The number of benzene rings is 2. The number of sulfonamides is 1. The van der Waals surface area contributed by atoms with E-state index in [4.69, 9.17) is 4.74 Å². The van der Waals surface area contributed by atoms with Crippen molar-refractivity contribution >= 4 is 21.6 Å². The maximum absolute atomic E-state index is 13.1. The monoisotopic (exact) mass is 400 g/mol. The number of anilines is 1. The predicted octanol–water partition coefficient (Wildman–Crippen LogP) is 3.19. The summed E-state index contributed by atoms with van der Waals surface area (Å²) in [6.45, 7) is 2.97. The van der Waals surface area contributed by atoms with Crippen LogP contribution in [0.2, 0.25) is 0 Å². The summed E-state index contributed by atoms with van der Waals surface area (Å²) in [5, 5.41) is 0. The van der Waals surface area contributed by atoms with Crippen LogP contribution in [0.15, 0.2) is 53.4 Å². The Morgan fingerprint density at radius 2 is 1.96 bits per heavy atom. The average Bonchev–Trinajstić information content (AvgIpc) is 3.16. The number of hydrogen-bond acceptors (Lipinski definition) is 4. The highest BCUT2D eigenvalue weighted by molar-refractivity contribution is 7.92. The summed E-state index contributed by atoms with van der Waals surface area (Å²) in [4.78, 5) is 15.0. The maximum atomic E-state index is 13.1. The normalized spacial score (nSPS) is 22.0. The van der Waals surface area contributed by atoms with Crippen LogP contribution in [0.3, 0.4) is 0 Å². The van der Waals surface area contributed by atoms with Crippen molar-refractivity contribution in [2.45, 2.75) is 43.2 Å². The Hall–Kier alpha value is -2.38. The van der Waals surface area contributed by atoms with Gasteiger partial charge in [-0.2, -0.15) is 0 Å². The third-order valence-corrected chi connectivity index (χ3v) is 6.78. The molecule has 7 heteroatoms. The van der Waals surface area contributed by atoms with Gasteiger partial charge in [-0.15, -0.1) is 0 Å². The number of nitrogens with one attached hydrogen (secondary N) is 1. The van der Waals surface area contributed by atoms with E-state index in [-0.39, 0.29) is 22.9 Å². The molecule has 0 aromatic heterocycles. The van der Waals surface area contributed by atoms with Crippen LogP contribution in [-0.2, 0) is 14.8 Å². The van der Waals surface area contributed by atoms with Gasteiger partial charge < -0.3 is 9.64 Å². The van der Waals surface area contributed by atoms with Gasteiger partial charge in [-0.25, -0.2) is 8.42 Å². The molecule has 1 N–H and O–H groups in total. The summed E-state index contributed by atoms with van der Waals surface area (Å²) in [5.74, 6) is -0.132. The lowest BCUT2D eigenvalue weighted by Crippen LogP contribution is -2.51. The van der Waals surface area contributed by atoms with E-state index in [0.717, 1.165) is 24.8 Å². The first-order valence-electron chi connectivity index (χ1n) is 9.56. The van der Waals surface area contributed by atoms with Gasteiger partial charge in [-0.05, 0) is 62.1 Å². The number of aryl methyl sites for hydroxylation is 1. The van der Waals surface area contributed by atoms with E-state index in [2.05, 4.69) is 4.72 Å². The van der Waals surface area contributed by atoms with Gasteiger partial charge in [0.15, 0.2) is 0 Å². The van der Waals surface area contributed by atoms with Crippen LogP contribution >= 0.6 is 0 Å². The number of hydrogen-bond donors (Lipinski definition) is 1. The third-order valence-electron chi connectivity index (χ3n) is 5.40. The summed E-state index contributed by atoms with van der Waals surface area (Å²) >= 11 is 0. The number of morpholine rings is 1. The Labute approximate surface area is 165 Å². The van der Waals surface area contributed by atoms with Crippen molar-refractivity contribution in [3.63, 3.8) is 0 Å². The highest BCUT2D eigenvalue weighted by atomic mass is 32.2. The van der Waals surface area contributed by atoms with Gasteiger partial charge in [0.25, 0.3) is 15.9 Å². The topological polar surface area (TPSA) is 75.7 Å². The van der Waals surface area contributed by atoms with Crippen molar-refractivity contribution in [1.82, 2.24) is 4.90 Å². The molecule has 2 aromatic rings. The minimum atomic E-state index is -3.78. The second kappa shape index (κ2) is 7.56. The van der Waals surface area contributed by atoms with E-state index in [1.54, 1.807) is 30.3 Å². The number of rotatable bonds is 4. The third kappa shape index (κ3) is 3.77. The Bertz CT molecular complexity index is 989.